The van der Waals surface area contributed by atoms with Crippen LogP contribution in [-0.4, -0.2) is 88.1 Å². The van der Waals surface area contributed by atoms with Gasteiger partial charge in [-0.05, 0) is 74.6 Å². The molecule has 232 valence electrons. The van der Waals surface area contributed by atoms with E-state index in [-0.39, 0.29) is 42.4 Å². The summed E-state index contributed by atoms with van der Waals surface area (Å²) in [5, 5.41) is 0.429. The highest BCUT2D eigenvalue weighted by Crippen LogP contribution is 2.58. The molecule has 8 rings (SSSR count). The monoisotopic (exact) mass is 611 g/mol. The molecule has 9 nitrogen and oxygen atoms in total. The van der Waals surface area contributed by atoms with E-state index in [2.05, 4.69) is 32.4 Å². The van der Waals surface area contributed by atoms with Crippen molar-refractivity contribution in [3.63, 3.8) is 0 Å². The number of hydrogen-bond donors (Lipinski definition) is 0. The summed E-state index contributed by atoms with van der Waals surface area (Å²) in [6.45, 7) is 13.8. The molecule has 1 saturated carbocycles. The first-order valence-corrected chi connectivity index (χ1v) is 16.0. The maximum atomic E-state index is 16.7. The number of fused-ring (bicyclic) bond motifs is 5. The van der Waals surface area contributed by atoms with Gasteiger partial charge in [0.1, 0.15) is 29.7 Å². The summed E-state index contributed by atoms with van der Waals surface area (Å²) in [6.07, 6.45) is 8.13. The number of hydrogen-bond acceptors (Lipinski definition) is 7. The van der Waals surface area contributed by atoms with E-state index >= 15 is 4.39 Å². The van der Waals surface area contributed by atoms with E-state index in [1.807, 2.05) is 17.0 Å². The molecule has 45 heavy (non-hydrogen) atoms. The Kier molecular flexibility index (Phi) is 6.75. The molecular weight excluding hydrogens is 576 g/mol. The van der Waals surface area contributed by atoms with Gasteiger partial charge in [0.15, 0.2) is 11.6 Å². The number of nitrogens with zero attached hydrogens (tertiary/aromatic N) is 7. The molecule has 5 heterocycles. The maximum Gasteiger partial charge on any atom is 0.319 e. The van der Waals surface area contributed by atoms with Gasteiger partial charge < -0.3 is 19.4 Å². The predicted molar refractivity (Wildman–Crippen MR) is 165 cm³/mol. The smallest absolute Gasteiger partial charge is 0.319 e. The first kappa shape index (κ1) is 28.3. The quantitative estimate of drug-likeness (QED) is 0.277. The van der Waals surface area contributed by atoms with E-state index in [9.17, 15) is 9.18 Å². The number of amides is 1. The summed E-state index contributed by atoms with van der Waals surface area (Å²) in [7, 11) is 0. The van der Waals surface area contributed by atoms with Gasteiger partial charge in [-0.3, -0.25) is 14.7 Å². The fourth-order valence-electron chi connectivity index (χ4n) is 8.45. The first-order valence-electron chi connectivity index (χ1n) is 16.0. The third-order valence-electron chi connectivity index (χ3n) is 10.7. The summed E-state index contributed by atoms with van der Waals surface area (Å²) >= 11 is 0. The lowest BCUT2D eigenvalue weighted by Crippen LogP contribution is -2.56. The Balaban J connectivity index is 1.20. The molecule has 0 spiro atoms. The van der Waals surface area contributed by atoms with Gasteiger partial charge in [0.2, 0.25) is 6.54 Å². The second kappa shape index (κ2) is 10.7. The van der Waals surface area contributed by atoms with Crippen molar-refractivity contribution in [1.29, 1.82) is 0 Å². The molecule has 3 saturated heterocycles. The number of carbonyl (C=O) groups excluding carboxylic acids is 1. The van der Waals surface area contributed by atoms with E-state index in [1.54, 1.807) is 6.20 Å². The van der Waals surface area contributed by atoms with Crippen LogP contribution >= 0.6 is 0 Å². The van der Waals surface area contributed by atoms with Gasteiger partial charge >= 0.3 is 6.01 Å². The Morgan fingerprint density at radius 2 is 2.00 bits per heavy atom. The van der Waals surface area contributed by atoms with Gasteiger partial charge in [0.05, 0.1) is 10.9 Å². The van der Waals surface area contributed by atoms with Crippen LogP contribution in [0.2, 0.25) is 0 Å². The van der Waals surface area contributed by atoms with Gasteiger partial charge in [-0.1, -0.05) is 24.8 Å². The van der Waals surface area contributed by atoms with Crippen molar-refractivity contribution in [2.24, 2.45) is 5.92 Å². The van der Waals surface area contributed by atoms with Crippen molar-refractivity contribution < 1.29 is 18.3 Å². The molecule has 3 aromatic rings. The lowest BCUT2D eigenvalue weighted by Gasteiger charge is -2.39. The zero-order valence-corrected chi connectivity index (χ0v) is 25.1. The van der Waals surface area contributed by atoms with E-state index in [4.69, 9.17) is 16.3 Å². The van der Waals surface area contributed by atoms with Crippen LogP contribution in [0.5, 0.6) is 6.01 Å². The highest BCUT2D eigenvalue weighted by atomic mass is 19.1. The van der Waals surface area contributed by atoms with Gasteiger partial charge in [0.25, 0.3) is 5.91 Å². The molecule has 3 aliphatic heterocycles. The lowest BCUT2D eigenvalue weighted by atomic mass is 9.95. The fraction of sp³-hybridized carbons (Fsp3) is 0.500. The van der Waals surface area contributed by atoms with Crippen LogP contribution in [0.15, 0.2) is 36.8 Å². The van der Waals surface area contributed by atoms with Gasteiger partial charge in [-0.15, -0.1) is 0 Å². The van der Waals surface area contributed by atoms with Crippen molar-refractivity contribution in [3.8, 4) is 17.3 Å². The van der Waals surface area contributed by atoms with Crippen molar-refractivity contribution in [2.75, 3.05) is 50.8 Å². The number of piperazine rings is 1. The Bertz CT molecular complexity index is 1760. The number of rotatable bonds is 7. The molecular formula is C34H35F2N7O2. The van der Waals surface area contributed by atoms with Gasteiger partial charge in [-0.2, -0.15) is 9.97 Å². The van der Waals surface area contributed by atoms with E-state index in [0.29, 0.717) is 36.2 Å². The van der Waals surface area contributed by atoms with Crippen LogP contribution in [0.25, 0.3) is 27.0 Å². The molecule has 2 aliphatic carbocycles. The number of carbonyl (C=O) groups is 1. The molecule has 2 aromatic heterocycles. The topological polar surface area (TPSA) is 79.1 Å². The number of benzene rings is 1. The Hall–Kier alpha value is -4.17. The zero-order valence-electron chi connectivity index (χ0n) is 25.1. The van der Waals surface area contributed by atoms with Gasteiger partial charge in [-0.25, -0.2) is 15.4 Å². The summed E-state index contributed by atoms with van der Waals surface area (Å²) in [5.74, 6) is -0.846. The van der Waals surface area contributed by atoms with Crippen LogP contribution in [0, 0.1) is 18.3 Å². The van der Waals surface area contributed by atoms with E-state index in [1.165, 1.54) is 16.0 Å². The lowest BCUT2D eigenvalue weighted by molar-refractivity contribution is -0.131. The van der Waals surface area contributed by atoms with Crippen molar-refractivity contribution in [2.45, 2.75) is 56.0 Å². The SMILES string of the molecule is [C-]#[N+]C[C@H]1CN(c2nc(OCC34CCCN3CCC4)nc3c(F)c(-c4cccc5c4C4CC4C5)ncc23)CCN1C(=O)C(=C)F. The second-order valence-corrected chi connectivity index (χ2v) is 13.2. The largest absolute Gasteiger partial charge is 0.461 e. The fourth-order valence-corrected chi connectivity index (χ4v) is 8.45. The average molecular weight is 612 g/mol. The molecule has 0 bridgehead atoms. The molecule has 3 atom stereocenters. The summed E-state index contributed by atoms with van der Waals surface area (Å²) in [5.41, 5.74) is 3.66. The van der Waals surface area contributed by atoms with Crippen LogP contribution < -0.4 is 9.64 Å². The molecule has 5 aliphatic rings. The highest BCUT2D eigenvalue weighted by Gasteiger charge is 2.47. The minimum absolute atomic E-state index is 0.0156. The third kappa shape index (κ3) is 4.64. The first-order chi connectivity index (χ1) is 21.9. The Labute approximate surface area is 260 Å². The van der Waals surface area contributed by atoms with Crippen LogP contribution in [-0.2, 0) is 11.2 Å². The van der Waals surface area contributed by atoms with Crippen LogP contribution in [0.1, 0.15) is 49.1 Å². The zero-order chi connectivity index (χ0) is 30.9. The molecule has 0 radical (unpaired) electrons. The van der Waals surface area contributed by atoms with E-state index < -0.39 is 23.6 Å². The number of ether oxygens (including phenoxy) is 1. The number of pyridine rings is 1. The normalized spacial score (nSPS) is 24.7. The van der Waals surface area contributed by atoms with Crippen molar-refractivity contribution in [1.82, 2.24) is 24.8 Å². The molecule has 1 aromatic carbocycles. The van der Waals surface area contributed by atoms with Crippen LogP contribution in [0.4, 0.5) is 14.6 Å². The van der Waals surface area contributed by atoms with Gasteiger partial charge in [0, 0.05) is 31.4 Å². The predicted octanol–water partition coefficient (Wildman–Crippen LogP) is 4.92. The molecule has 4 fully saturated rings. The number of aromatic nitrogens is 3. The third-order valence-corrected chi connectivity index (χ3v) is 10.7. The second-order valence-electron chi connectivity index (χ2n) is 13.2. The van der Waals surface area contributed by atoms with Crippen LogP contribution in [0.3, 0.4) is 0 Å². The Morgan fingerprint density at radius 1 is 1.18 bits per heavy atom. The molecule has 11 heteroatoms. The van der Waals surface area contributed by atoms with Crippen molar-refractivity contribution >= 4 is 22.6 Å². The minimum Gasteiger partial charge on any atom is -0.461 e. The average Bonchev–Trinajstić information content (AvgIpc) is 3.32. The van der Waals surface area contributed by atoms with E-state index in [0.717, 1.165) is 57.2 Å². The highest BCUT2D eigenvalue weighted by molar-refractivity contribution is 5.93. The minimum atomic E-state index is -1.06. The number of halogens is 2. The summed E-state index contributed by atoms with van der Waals surface area (Å²) in [4.78, 5) is 35.9. The molecule has 0 N–H and O–H groups in total. The van der Waals surface area contributed by atoms with Crippen molar-refractivity contribution in [3.05, 3.63) is 65.2 Å². The Morgan fingerprint density at radius 3 is 2.78 bits per heavy atom. The number of anilines is 1. The standard InChI is InChI=1S/C34H35F2N7O2/c1-20(35)32(44)43-13-12-41(18-23(43)16-37-2)31-26-17-38-29(24-7-3-6-21-14-22-15-25(22)27(21)24)28(36)30(26)39-33(40-31)45-19-34-8-4-10-42(34)11-5-9-34/h3,6-7,17,22-23,25H,1,4-5,8-16,18-19H2/t22?,23-,25?/m0/s1. The molecule has 1 amide bonds. The molecule has 2 unspecified atom stereocenters. The maximum absolute atomic E-state index is 16.7. The summed E-state index contributed by atoms with van der Waals surface area (Å²) in [6, 6.07) is 5.56. The summed E-state index contributed by atoms with van der Waals surface area (Å²) < 4.78 is 36.9.